The van der Waals surface area contributed by atoms with Gasteiger partial charge in [-0.05, 0) is 18.8 Å². The van der Waals surface area contributed by atoms with E-state index in [9.17, 15) is 9.59 Å². The molecule has 0 bridgehead atoms. The highest BCUT2D eigenvalue weighted by molar-refractivity contribution is 5.84. The largest absolute Gasteiger partial charge is 0.476 e. The molecule has 1 amide bonds. The molecule has 0 aliphatic heterocycles. The van der Waals surface area contributed by atoms with E-state index in [4.69, 9.17) is 5.11 Å². The maximum atomic E-state index is 12.2. The van der Waals surface area contributed by atoms with Gasteiger partial charge >= 0.3 is 5.97 Å². The van der Waals surface area contributed by atoms with Gasteiger partial charge in [-0.1, -0.05) is 25.0 Å². The smallest absolute Gasteiger partial charge is 0.358 e. The minimum absolute atomic E-state index is 0.0278. The molecule has 1 heterocycles. The number of rotatable bonds is 4. The summed E-state index contributed by atoms with van der Waals surface area (Å²) in [4.78, 5) is 24.7. The van der Waals surface area contributed by atoms with Gasteiger partial charge in [-0.2, -0.15) is 0 Å². The van der Waals surface area contributed by atoms with Crippen LogP contribution in [0.5, 0.6) is 0 Å². The number of likely N-dealkylation sites (N-methyl/N-ethyl adjacent to an activating group) is 1. The molecule has 7 heteroatoms. The van der Waals surface area contributed by atoms with Gasteiger partial charge in [-0.15, -0.1) is 5.10 Å². The number of aromatic nitrogens is 3. The van der Waals surface area contributed by atoms with Gasteiger partial charge in [0.2, 0.25) is 5.91 Å². The summed E-state index contributed by atoms with van der Waals surface area (Å²) in [6, 6.07) is 0.263. The van der Waals surface area contributed by atoms with Crippen LogP contribution in [0.25, 0.3) is 0 Å². The SMILES string of the molecule is CC1CCCCC1N(C)C(=O)Cn1cc(C(=O)O)nn1. The molecule has 110 valence electrons. The third-order valence-corrected chi connectivity index (χ3v) is 4.01. The Morgan fingerprint density at radius 3 is 2.75 bits per heavy atom. The van der Waals surface area contributed by atoms with Gasteiger partial charge in [0.05, 0.1) is 6.20 Å². The molecule has 0 spiro atoms. The average Bonchev–Trinajstić information content (AvgIpc) is 2.87. The summed E-state index contributed by atoms with van der Waals surface area (Å²) in [6.45, 7) is 2.20. The Bertz CT molecular complexity index is 500. The van der Waals surface area contributed by atoms with Crippen LogP contribution in [0.15, 0.2) is 6.20 Å². The van der Waals surface area contributed by atoms with Gasteiger partial charge in [0.25, 0.3) is 0 Å². The lowest BCUT2D eigenvalue weighted by Gasteiger charge is -2.36. The Hall–Kier alpha value is -1.92. The Balaban J connectivity index is 1.97. The standard InChI is InChI=1S/C13H20N4O3/c1-9-5-3-4-6-11(9)16(2)12(18)8-17-7-10(13(19)20)14-15-17/h7,9,11H,3-6,8H2,1-2H3,(H,19,20). The number of hydrogen-bond donors (Lipinski definition) is 1. The minimum Gasteiger partial charge on any atom is -0.476 e. The van der Waals surface area contributed by atoms with Crippen LogP contribution in [-0.4, -0.2) is 50.0 Å². The summed E-state index contributed by atoms with van der Waals surface area (Å²) >= 11 is 0. The van der Waals surface area contributed by atoms with Crippen LogP contribution >= 0.6 is 0 Å². The molecule has 1 saturated carbocycles. The van der Waals surface area contributed by atoms with Gasteiger partial charge < -0.3 is 10.0 Å². The fourth-order valence-corrected chi connectivity index (χ4v) is 2.78. The van der Waals surface area contributed by atoms with E-state index in [0.717, 1.165) is 19.3 Å². The van der Waals surface area contributed by atoms with Gasteiger partial charge in [0.1, 0.15) is 6.54 Å². The lowest BCUT2D eigenvalue weighted by Crippen LogP contribution is -2.44. The summed E-state index contributed by atoms with van der Waals surface area (Å²) in [6.07, 6.45) is 5.83. The van der Waals surface area contributed by atoms with Gasteiger partial charge in [-0.25, -0.2) is 9.48 Å². The quantitative estimate of drug-likeness (QED) is 0.889. The molecule has 1 aromatic rings. The molecule has 1 aliphatic rings. The number of carbonyl (C=O) groups is 2. The van der Waals surface area contributed by atoms with Crippen molar-refractivity contribution < 1.29 is 14.7 Å². The third-order valence-electron chi connectivity index (χ3n) is 4.01. The molecule has 2 rings (SSSR count). The predicted molar refractivity (Wildman–Crippen MR) is 71.2 cm³/mol. The number of carboxylic acid groups (broad SMARTS) is 1. The summed E-state index contributed by atoms with van der Waals surface area (Å²) in [5.74, 6) is -0.702. The Morgan fingerprint density at radius 1 is 1.45 bits per heavy atom. The molecule has 0 saturated heterocycles. The van der Waals surface area contributed by atoms with E-state index >= 15 is 0 Å². The first-order chi connectivity index (χ1) is 9.49. The topological polar surface area (TPSA) is 88.3 Å². The van der Waals surface area contributed by atoms with Crippen LogP contribution in [0.4, 0.5) is 0 Å². The molecule has 7 nitrogen and oxygen atoms in total. The van der Waals surface area contributed by atoms with Gasteiger partial charge in [-0.3, -0.25) is 4.79 Å². The molecular weight excluding hydrogens is 260 g/mol. The zero-order chi connectivity index (χ0) is 14.7. The van der Waals surface area contributed by atoms with Crippen molar-refractivity contribution in [3.05, 3.63) is 11.9 Å². The second-order valence-electron chi connectivity index (χ2n) is 5.44. The van der Waals surface area contributed by atoms with Crippen LogP contribution in [-0.2, 0) is 11.3 Å². The molecular formula is C13H20N4O3. The maximum Gasteiger partial charge on any atom is 0.358 e. The molecule has 2 atom stereocenters. The minimum atomic E-state index is -1.14. The van der Waals surface area contributed by atoms with E-state index in [1.807, 2.05) is 7.05 Å². The van der Waals surface area contributed by atoms with Crippen molar-refractivity contribution in [2.75, 3.05) is 7.05 Å². The zero-order valence-electron chi connectivity index (χ0n) is 11.8. The molecule has 0 radical (unpaired) electrons. The Morgan fingerprint density at radius 2 is 2.15 bits per heavy atom. The number of aromatic carboxylic acids is 1. The first kappa shape index (κ1) is 14.5. The Labute approximate surface area is 117 Å². The lowest BCUT2D eigenvalue weighted by atomic mass is 9.85. The highest BCUT2D eigenvalue weighted by Crippen LogP contribution is 2.27. The van der Waals surface area contributed by atoms with Crippen molar-refractivity contribution in [3.63, 3.8) is 0 Å². The number of nitrogens with zero attached hydrogens (tertiary/aromatic N) is 4. The van der Waals surface area contributed by atoms with E-state index in [1.165, 1.54) is 17.3 Å². The van der Waals surface area contributed by atoms with Crippen molar-refractivity contribution >= 4 is 11.9 Å². The highest BCUT2D eigenvalue weighted by atomic mass is 16.4. The second kappa shape index (κ2) is 6.02. The molecule has 0 aromatic carbocycles. The lowest BCUT2D eigenvalue weighted by molar-refractivity contribution is -0.134. The van der Waals surface area contributed by atoms with Crippen LogP contribution < -0.4 is 0 Å². The monoisotopic (exact) mass is 280 g/mol. The number of hydrogen-bond acceptors (Lipinski definition) is 4. The summed E-state index contributed by atoms with van der Waals surface area (Å²) in [7, 11) is 1.81. The molecule has 1 fully saturated rings. The average molecular weight is 280 g/mol. The van der Waals surface area contributed by atoms with Crippen molar-refractivity contribution in [2.45, 2.75) is 45.2 Å². The van der Waals surface area contributed by atoms with Crippen LogP contribution in [0, 0.1) is 5.92 Å². The van der Waals surface area contributed by atoms with Crippen LogP contribution in [0.1, 0.15) is 43.1 Å². The van der Waals surface area contributed by atoms with Crippen LogP contribution in [0.2, 0.25) is 0 Å². The fraction of sp³-hybridized carbons (Fsp3) is 0.692. The van der Waals surface area contributed by atoms with E-state index in [1.54, 1.807) is 4.90 Å². The summed E-state index contributed by atoms with van der Waals surface area (Å²) in [5.41, 5.74) is -0.147. The molecule has 1 aromatic heterocycles. The second-order valence-corrected chi connectivity index (χ2v) is 5.44. The van der Waals surface area contributed by atoms with Crippen molar-refractivity contribution in [1.82, 2.24) is 19.9 Å². The van der Waals surface area contributed by atoms with Gasteiger partial charge in [0, 0.05) is 13.1 Å². The summed E-state index contributed by atoms with van der Waals surface area (Å²) in [5, 5.41) is 15.9. The van der Waals surface area contributed by atoms with Crippen molar-refractivity contribution in [3.8, 4) is 0 Å². The molecule has 1 aliphatic carbocycles. The van der Waals surface area contributed by atoms with Crippen molar-refractivity contribution in [1.29, 1.82) is 0 Å². The summed E-state index contributed by atoms with van der Waals surface area (Å²) < 4.78 is 1.27. The van der Waals surface area contributed by atoms with E-state index < -0.39 is 5.97 Å². The number of carboxylic acids is 1. The zero-order valence-corrected chi connectivity index (χ0v) is 11.8. The molecule has 20 heavy (non-hydrogen) atoms. The Kier molecular flexibility index (Phi) is 4.36. The molecule has 2 unspecified atom stereocenters. The highest BCUT2D eigenvalue weighted by Gasteiger charge is 2.28. The maximum absolute atomic E-state index is 12.2. The third kappa shape index (κ3) is 3.15. The number of carbonyl (C=O) groups excluding carboxylic acids is 1. The predicted octanol–water partition coefficient (Wildman–Crippen LogP) is 1.01. The van der Waals surface area contributed by atoms with Crippen LogP contribution in [0.3, 0.4) is 0 Å². The fourth-order valence-electron chi connectivity index (χ4n) is 2.78. The molecule has 1 N–H and O–H groups in total. The number of amides is 1. The van der Waals surface area contributed by atoms with E-state index in [2.05, 4.69) is 17.2 Å². The van der Waals surface area contributed by atoms with Gasteiger partial charge in [0.15, 0.2) is 5.69 Å². The van der Waals surface area contributed by atoms with E-state index in [-0.39, 0.29) is 24.2 Å². The first-order valence-corrected chi connectivity index (χ1v) is 6.88. The normalized spacial score (nSPS) is 22.5. The van der Waals surface area contributed by atoms with Crippen molar-refractivity contribution in [2.24, 2.45) is 5.92 Å². The van der Waals surface area contributed by atoms with E-state index in [0.29, 0.717) is 5.92 Å². The first-order valence-electron chi connectivity index (χ1n) is 6.88.